The van der Waals surface area contributed by atoms with Gasteiger partial charge >= 0.3 is 12.0 Å². The Morgan fingerprint density at radius 1 is 1.33 bits per heavy atom. The zero-order valence-electron chi connectivity index (χ0n) is 8.49. The Balaban J connectivity index is 3.23. The number of carboxylic acid groups (broad SMARTS) is 1. The lowest BCUT2D eigenvalue weighted by Gasteiger charge is -2.06. The predicted octanol–water partition coefficient (Wildman–Crippen LogP) is -0.0371. The summed E-state index contributed by atoms with van der Waals surface area (Å²) in [6.07, 6.45) is 2.42. The van der Waals surface area contributed by atoms with Crippen molar-refractivity contribution in [1.29, 1.82) is 0 Å². The summed E-state index contributed by atoms with van der Waals surface area (Å²) in [5, 5.41) is 13.3. The summed E-state index contributed by atoms with van der Waals surface area (Å²) in [5.41, 5.74) is 0. The number of amides is 2. The first-order valence-electron chi connectivity index (χ1n) is 4.59. The zero-order valence-corrected chi connectivity index (χ0v) is 8.49. The quantitative estimate of drug-likeness (QED) is 0.392. The molecule has 6 nitrogen and oxygen atoms in total. The molecule has 6 heteroatoms. The van der Waals surface area contributed by atoms with Gasteiger partial charge < -0.3 is 20.5 Å². The van der Waals surface area contributed by atoms with Gasteiger partial charge in [-0.3, -0.25) is 0 Å². The maximum absolute atomic E-state index is 11.0. The molecule has 2 amide bonds. The lowest BCUT2D eigenvalue weighted by molar-refractivity contribution is -0.142. The molecule has 0 atom stereocenters. The molecule has 15 heavy (non-hydrogen) atoms. The Kier molecular flexibility index (Phi) is 8.08. The van der Waals surface area contributed by atoms with Crippen molar-refractivity contribution in [3.8, 4) is 0 Å². The molecule has 86 valence electrons. The molecule has 0 bridgehead atoms. The monoisotopic (exact) mass is 216 g/mol. The van der Waals surface area contributed by atoms with Gasteiger partial charge in [-0.2, -0.15) is 0 Å². The van der Waals surface area contributed by atoms with E-state index in [1.165, 1.54) is 0 Å². The van der Waals surface area contributed by atoms with Crippen LogP contribution in [0.3, 0.4) is 0 Å². The highest BCUT2D eigenvalue weighted by Crippen LogP contribution is 1.76. The van der Waals surface area contributed by atoms with Crippen LogP contribution in [-0.4, -0.2) is 43.4 Å². The molecule has 0 aromatic rings. The summed E-state index contributed by atoms with van der Waals surface area (Å²) in [5.74, 6) is -1.02. The molecule has 0 radical (unpaired) electrons. The topological polar surface area (TPSA) is 87.7 Å². The van der Waals surface area contributed by atoms with Gasteiger partial charge in [0.15, 0.2) is 0 Å². The van der Waals surface area contributed by atoms with E-state index in [1.807, 2.05) is 0 Å². The minimum atomic E-state index is -1.02. The molecule has 0 aliphatic rings. The number of carbonyl (C=O) groups excluding carboxylic acids is 1. The Hall–Kier alpha value is -1.56. The van der Waals surface area contributed by atoms with Crippen LogP contribution in [0, 0.1) is 0 Å². The van der Waals surface area contributed by atoms with Crippen LogP contribution in [0.1, 0.15) is 6.42 Å². The number of rotatable bonds is 8. The van der Waals surface area contributed by atoms with Gasteiger partial charge in [0.05, 0.1) is 6.61 Å². The molecule has 0 aliphatic heterocycles. The summed E-state index contributed by atoms with van der Waals surface area (Å²) >= 11 is 0. The average molecular weight is 216 g/mol. The van der Waals surface area contributed by atoms with Crippen molar-refractivity contribution >= 4 is 12.0 Å². The molecule has 0 saturated heterocycles. The first-order chi connectivity index (χ1) is 7.16. The maximum Gasteiger partial charge on any atom is 0.329 e. The number of carboxylic acids is 1. The second kappa shape index (κ2) is 9.01. The van der Waals surface area contributed by atoms with Gasteiger partial charge in [-0.1, -0.05) is 6.08 Å². The molecule has 0 unspecified atom stereocenters. The van der Waals surface area contributed by atoms with Crippen LogP contribution < -0.4 is 10.6 Å². The second-order valence-corrected chi connectivity index (χ2v) is 2.71. The number of hydrogen-bond donors (Lipinski definition) is 3. The molecule has 0 saturated carbocycles. The fourth-order valence-corrected chi connectivity index (χ4v) is 0.746. The van der Waals surface area contributed by atoms with Crippen LogP contribution >= 0.6 is 0 Å². The van der Waals surface area contributed by atoms with E-state index in [0.717, 1.165) is 0 Å². The summed E-state index contributed by atoms with van der Waals surface area (Å²) in [4.78, 5) is 21.0. The minimum absolute atomic E-state index is 0.182. The zero-order chi connectivity index (χ0) is 11.5. The Morgan fingerprint density at radius 3 is 2.60 bits per heavy atom. The predicted molar refractivity (Wildman–Crippen MR) is 54.7 cm³/mol. The average Bonchev–Trinajstić information content (AvgIpc) is 2.17. The molecule has 3 N–H and O–H groups in total. The van der Waals surface area contributed by atoms with Gasteiger partial charge in [-0.15, -0.1) is 6.58 Å². The van der Waals surface area contributed by atoms with E-state index < -0.39 is 5.97 Å². The number of carbonyl (C=O) groups is 2. The van der Waals surface area contributed by atoms with Crippen LogP contribution in [-0.2, 0) is 9.53 Å². The molecule has 0 fully saturated rings. The van der Waals surface area contributed by atoms with Gasteiger partial charge in [0.1, 0.15) is 6.61 Å². The van der Waals surface area contributed by atoms with Crippen molar-refractivity contribution in [2.24, 2.45) is 0 Å². The highest BCUT2D eigenvalue weighted by atomic mass is 16.5. The number of hydrogen-bond acceptors (Lipinski definition) is 3. The van der Waals surface area contributed by atoms with E-state index in [0.29, 0.717) is 13.0 Å². The lowest BCUT2D eigenvalue weighted by atomic mass is 10.4. The second-order valence-electron chi connectivity index (χ2n) is 2.71. The first-order valence-corrected chi connectivity index (χ1v) is 4.59. The van der Waals surface area contributed by atoms with Crippen LogP contribution in [0.5, 0.6) is 0 Å². The number of urea groups is 1. The van der Waals surface area contributed by atoms with E-state index in [4.69, 9.17) is 9.84 Å². The molecular formula is C9H16N2O4. The normalized spacial score (nSPS) is 9.33. The van der Waals surface area contributed by atoms with Crippen molar-refractivity contribution in [2.45, 2.75) is 6.42 Å². The first kappa shape index (κ1) is 13.4. The van der Waals surface area contributed by atoms with Gasteiger partial charge in [-0.05, 0) is 6.42 Å². The molecule has 0 aromatic heterocycles. The summed E-state index contributed by atoms with van der Waals surface area (Å²) in [6.45, 7) is 4.17. The van der Waals surface area contributed by atoms with Gasteiger partial charge in [0, 0.05) is 13.1 Å². The van der Waals surface area contributed by atoms with Crippen molar-refractivity contribution in [1.82, 2.24) is 10.6 Å². The Bertz CT molecular complexity index is 218. The van der Waals surface area contributed by atoms with Crippen LogP contribution in [0.2, 0.25) is 0 Å². The highest BCUT2D eigenvalue weighted by molar-refractivity contribution is 5.73. The van der Waals surface area contributed by atoms with E-state index >= 15 is 0 Å². The van der Waals surface area contributed by atoms with Crippen molar-refractivity contribution in [3.05, 3.63) is 12.7 Å². The van der Waals surface area contributed by atoms with E-state index in [9.17, 15) is 9.59 Å². The minimum Gasteiger partial charge on any atom is -0.480 e. The van der Waals surface area contributed by atoms with E-state index in [1.54, 1.807) is 6.08 Å². The van der Waals surface area contributed by atoms with Crippen LogP contribution in [0.4, 0.5) is 4.79 Å². The smallest absolute Gasteiger partial charge is 0.329 e. The van der Waals surface area contributed by atoms with Gasteiger partial charge in [-0.25, -0.2) is 9.59 Å². The standard InChI is InChI=1S/C9H16N2O4/c1-2-3-4-10-9(14)11-5-6-15-7-8(12)13/h2H,1,3-7H2,(H,12,13)(H2,10,11,14). The Labute approximate surface area is 88.3 Å². The van der Waals surface area contributed by atoms with E-state index in [2.05, 4.69) is 17.2 Å². The van der Waals surface area contributed by atoms with Crippen molar-refractivity contribution in [2.75, 3.05) is 26.3 Å². The molecular weight excluding hydrogens is 200 g/mol. The van der Waals surface area contributed by atoms with Gasteiger partial charge in [0.2, 0.25) is 0 Å². The van der Waals surface area contributed by atoms with E-state index in [-0.39, 0.29) is 25.8 Å². The fraction of sp³-hybridized carbons (Fsp3) is 0.556. The fourth-order valence-electron chi connectivity index (χ4n) is 0.746. The third-order valence-corrected chi connectivity index (χ3v) is 1.39. The van der Waals surface area contributed by atoms with Crippen molar-refractivity contribution in [3.63, 3.8) is 0 Å². The number of ether oxygens (including phenoxy) is 1. The Morgan fingerprint density at radius 2 is 2.00 bits per heavy atom. The third kappa shape index (κ3) is 10.4. The van der Waals surface area contributed by atoms with Crippen LogP contribution in [0.25, 0.3) is 0 Å². The lowest BCUT2D eigenvalue weighted by Crippen LogP contribution is -2.37. The molecule has 0 heterocycles. The van der Waals surface area contributed by atoms with Crippen LogP contribution in [0.15, 0.2) is 12.7 Å². The molecule has 0 spiro atoms. The highest BCUT2D eigenvalue weighted by Gasteiger charge is 1.98. The molecule has 0 aliphatic carbocycles. The largest absolute Gasteiger partial charge is 0.480 e. The van der Waals surface area contributed by atoms with Crippen molar-refractivity contribution < 1.29 is 19.4 Å². The summed E-state index contributed by atoms with van der Waals surface area (Å²) in [7, 11) is 0. The number of aliphatic carboxylic acids is 1. The molecule has 0 rings (SSSR count). The molecule has 0 aromatic carbocycles. The SMILES string of the molecule is C=CCCNC(=O)NCCOCC(=O)O. The third-order valence-electron chi connectivity index (χ3n) is 1.39. The maximum atomic E-state index is 11.0. The summed E-state index contributed by atoms with van der Waals surface area (Å²) in [6, 6.07) is -0.296. The number of nitrogens with one attached hydrogen (secondary N) is 2. The van der Waals surface area contributed by atoms with Gasteiger partial charge in [0.25, 0.3) is 0 Å². The summed E-state index contributed by atoms with van der Waals surface area (Å²) < 4.78 is 4.71.